The SMILES string of the molecule is CSc1cc(Cl)n2nccc2n1. The monoisotopic (exact) mass is 199 g/mol. The van der Waals surface area contributed by atoms with Gasteiger partial charge in [0.2, 0.25) is 0 Å². The zero-order valence-corrected chi connectivity index (χ0v) is 7.93. The van der Waals surface area contributed by atoms with Crippen molar-refractivity contribution in [2.75, 3.05) is 6.26 Å². The first-order valence-electron chi connectivity index (χ1n) is 3.35. The Morgan fingerprint density at radius 1 is 1.58 bits per heavy atom. The van der Waals surface area contributed by atoms with Gasteiger partial charge in [0.25, 0.3) is 0 Å². The molecule has 0 aromatic carbocycles. The maximum atomic E-state index is 5.93. The van der Waals surface area contributed by atoms with Crippen LogP contribution in [0, 0.1) is 0 Å². The highest BCUT2D eigenvalue weighted by molar-refractivity contribution is 7.98. The molecule has 0 fully saturated rings. The van der Waals surface area contributed by atoms with Gasteiger partial charge in [-0.15, -0.1) is 11.8 Å². The average Bonchev–Trinajstić information content (AvgIpc) is 2.52. The Balaban J connectivity index is 2.75. The molecule has 5 heteroatoms. The van der Waals surface area contributed by atoms with Crippen LogP contribution in [0.15, 0.2) is 23.4 Å². The van der Waals surface area contributed by atoms with Gasteiger partial charge in [-0.2, -0.15) is 5.10 Å². The van der Waals surface area contributed by atoms with Crippen molar-refractivity contribution in [2.24, 2.45) is 0 Å². The van der Waals surface area contributed by atoms with Gasteiger partial charge in [0.05, 0.1) is 6.20 Å². The molecule has 2 heterocycles. The van der Waals surface area contributed by atoms with E-state index in [1.54, 1.807) is 28.5 Å². The maximum Gasteiger partial charge on any atom is 0.157 e. The van der Waals surface area contributed by atoms with E-state index in [2.05, 4.69) is 10.1 Å². The van der Waals surface area contributed by atoms with Crippen molar-refractivity contribution in [3.63, 3.8) is 0 Å². The molecule has 0 aliphatic heterocycles. The standard InChI is InChI=1S/C7H6ClN3S/c1-12-7-4-5(8)11-6(10-7)2-3-9-11/h2-4H,1H3. The van der Waals surface area contributed by atoms with Gasteiger partial charge in [-0.05, 0) is 6.26 Å². The minimum absolute atomic E-state index is 0.592. The van der Waals surface area contributed by atoms with Gasteiger partial charge < -0.3 is 0 Å². The highest BCUT2D eigenvalue weighted by Gasteiger charge is 2.02. The third kappa shape index (κ3) is 1.17. The van der Waals surface area contributed by atoms with Crippen molar-refractivity contribution in [3.8, 4) is 0 Å². The zero-order valence-electron chi connectivity index (χ0n) is 6.36. The summed E-state index contributed by atoms with van der Waals surface area (Å²) in [4.78, 5) is 4.29. The van der Waals surface area contributed by atoms with Crippen LogP contribution in [0.4, 0.5) is 0 Å². The van der Waals surface area contributed by atoms with E-state index in [0.29, 0.717) is 5.15 Å². The molecule has 0 spiro atoms. The molecule has 0 amide bonds. The number of nitrogens with zero attached hydrogens (tertiary/aromatic N) is 3. The Bertz CT molecular complexity index is 412. The molecule has 2 aromatic heterocycles. The lowest BCUT2D eigenvalue weighted by atomic mass is 10.6. The fourth-order valence-electron chi connectivity index (χ4n) is 0.958. The summed E-state index contributed by atoms with van der Waals surface area (Å²) in [5, 5.41) is 5.51. The van der Waals surface area contributed by atoms with Crippen LogP contribution in [0.25, 0.3) is 5.65 Å². The lowest BCUT2D eigenvalue weighted by Crippen LogP contribution is -1.92. The second-order valence-electron chi connectivity index (χ2n) is 2.22. The van der Waals surface area contributed by atoms with Gasteiger partial charge in [-0.25, -0.2) is 9.50 Å². The molecule has 62 valence electrons. The zero-order chi connectivity index (χ0) is 8.55. The molecular weight excluding hydrogens is 194 g/mol. The van der Waals surface area contributed by atoms with E-state index < -0.39 is 0 Å². The van der Waals surface area contributed by atoms with E-state index in [9.17, 15) is 0 Å². The third-order valence-corrected chi connectivity index (χ3v) is 2.40. The van der Waals surface area contributed by atoms with Gasteiger partial charge in [0, 0.05) is 12.1 Å². The summed E-state index contributed by atoms with van der Waals surface area (Å²) in [6.07, 6.45) is 3.64. The Hall–Kier alpha value is -0.740. The fourth-order valence-corrected chi connectivity index (χ4v) is 1.67. The Kier molecular flexibility index (Phi) is 1.94. The Labute approximate surface area is 78.7 Å². The van der Waals surface area contributed by atoms with Crippen LogP contribution >= 0.6 is 23.4 Å². The average molecular weight is 200 g/mol. The van der Waals surface area contributed by atoms with Crippen molar-refractivity contribution in [2.45, 2.75) is 5.03 Å². The lowest BCUT2D eigenvalue weighted by molar-refractivity contribution is 0.916. The first-order chi connectivity index (χ1) is 5.81. The molecule has 0 N–H and O–H groups in total. The highest BCUT2D eigenvalue weighted by atomic mass is 35.5. The van der Waals surface area contributed by atoms with Gasteiger partial charge >= 0.3 is 0 Å². The van der Waals surface area contributed by atoms with Crippen LogP contribution in [-0.4, -0.2) is 20.9 Å². The largest absolute Gasteiger partial charge is 0.222 e. The predicted octanol–water partition coefficient (Wildman–Crippen LogP) is 2.10. The first-order valence-corrected chi connectivity index (χ1v) is 4.96. The van der Waals surface area contributed by atoms with Gasteiger partial charge in [-0.1, -0.05) is 11.6 Å². The van der Waals surface area contributed by atoms with Crippen LogP contribution in [0.2, 0.25) is 5.15 Å². The van der Waals surface area contributed by atoms with Crippen molar-refractivity contribution in [1.82, 2.24) is 14.6 Å². The maximum absolute atomic E-state index is 5.93. The molecule has 0 saturated carbocycles. The van der Waals surface area contributed by atoms with Crippen LogP contribution in [0.5, 0.6) is 0 Å². The molecule has 0 aliphatic carbocycles. The molecule has 2 rings (SSSR count). The van der Waals surface area contributed by atoms with Crippen LogP contribution < -0.4 is 0 Å². The van der Waals surface area contributed by atoms with E-state index in [4.69, 9.17) is 11.6 Å². The number of fused-ring (bicyclic) bond motifs is 1. The van der Waals surface area contributed by atoms with E-state index in [-0.39, 0.29) is 0 Å². The molecule has 12 heavy (non-hydrogen) atoms. The van der Waals surface area contributed by atoms with E-state index in [1.165, 1.54) is 0 Å². The predicted molar refractivity (Wildman–Crippen MR) is 49.8 cm³/mol. The van der Waals surface area contributed by atoms with Crippen LogP contribution in [-0.2, 0) is 0 Å². The van der Waals surface area contributed by atoms with Gasteiger partial charge in [-0.3, -0.25) is 0 Å². The number of aromatic nitrogens is 3. The molecule has 2 aromatic rings. The number of thioether (sulfide) groups is 1. The summed E-state index contributed by atoms with van der Waals surface area (Å²) < 4.78 is 1.60. The molecule has 0 unspecified atom stereocenters. The Morgan fingerprint density at radius 3 is 3.17 bits per heavy atom. The summed E-state index contributed by atoms with van der Waals surface area (Å²) in [6.45, 7) is 0. The van der Waals surface area contributed by atoms with Gasteiger partial charge in [0.1, 0.15) is 10.2 Å². The molecule has 0 aliphatic rings. The molecule has 0 saturated heterocycles. The summed E-state index contributed by atoms with van der Waals surface area (Å²) in [6, 6.07) is 3.62. The lowest BCUT2D eigenvalue weighted by Gasteiger charge is -1.98. The van der Waals surface area contributed by atoms with E-state index >= 15 is 0 Å². The normalized spacial score (nSPS) is 10.8. The summed E-state index contributed by atoms with van der Waals surface area (Å²) >= 11 is 7.49. The smallest absolute Gasteiger partial charge is 0.157 e. The Morgan fingerprint density at radius 2 is 2.42 bits per heavy atom. The molecule has 0 bridgehead atoms. The van der Waals surface area contributed by atoms with Crippen molar-refractivity contribution < 1.29 is 0 Å². The highest BCUT2D eigenvalue weighted by Crippen LogP contribution is 2.18. The fraction of sp³-hybridized carbons (Fsp3) is 0.143. The topological polar surface area (TPSA) is 30.2 Å². The minimum Gasteiger partial charge on any atom is -0.222 e. The molecule has 0 radical (unpaired) electrons. The summed E-state index contributed by atoms with van der Waals surface area (Å²) in [7, 11) is 0. The number of hydrogen-bond acceptors (Lipinski definition) is 3. The quantitative estimate of drug-likeness (QED) is 0.521. The second-order valence-corrected chi connectivity index (χ2v) is 3.44. The second kappa shape index (κ2) is 2.95. The van der Waals surface area contributed by atoms with Gasteiger partial charge in [0.15, 0.2) is 5.65 Å². The number of hydrogen-bond donors (Lipinski definition) is 0. The number of rotatable bonds is 1. The van der Waals surface area contributed by atoms with Crippen LogP contribution in [0.3, 0.4) is 0 Å². The van der Waals surface area contributed by atoms with Crippen molar-refractivity contribution in [3.05, 3.63) is 23.5 Å². The summed E-state index contributed by atoms with van der Waals surface area (Å²) in [5.74, 6) is 0. The summed E-state index contributed by atoms with van der Waals surface area (Å²) in [5.41, 5.74) is 0.784. The van der Waals surface area contributed by atoms with Crippen molar-refractivity contribution in [1.29, 1.82) is 0 Å². The van der Waals surface area contributed by atoms with Crippen molar-refractivity contribution >= 4 is 29.0 Å². The first kappa shape index (κ1) is 7.89. The molecule has 0 atom stereocenters. The minimum atomic E-state index is 0.592. The third-order valence-electron chi connectivity index (χ3n) is 1.50. The number of halogens is 1. The molecule has 3 nitrogen and oxygen atoms in total. The van der Waals surface area contributed by atoms with Crippen LogP contribution in [0.1, 0.15) is 0 Å². The van der Waals surface area contributed by atoms with E-state index in [1.807, 2.05) is 12.3 Å². The van der Waals surface area contributed by atoms with E-state index in [0.717, 1.165) is 10.7 Å². The molecular formula is C7H6ClN3S.